The fourth-order valence-corrected chi connectivity index (χ4v) is 4.50. The quantitative estimate of drug-likeness (QED) is 0.801. The molecule has 1 aromatic heterocycles. The van der Waals surface area contributed by atoms with Gasteiger partial charge in [0.15, 0.2) is 0 Å². The molecule has 0 bridgehead atoms. The van der Waals surface area contributed by atoms with Gasteiger partial charge < -0.3 is 9.30 Å². The molecule has 0 N–H and O–H groups in total. The van der Waals surface area contributed by atoms with E-state index in [-0.39, 0.29) is 0 Å². The molecular formula is C19H25BrN2O. The van der Waals surface area contributed by atoms with Crippen LogP contribution >= 0.6 is 15.9 Å². The smallest absolute Gasteiger partial charge is 0.0594 e. The van der Waals surface area contributed by atoms with Crippen molar-refractivity contribution >= 4 is 26.8 Å². The van der Waals surface area contributed by atoms with Gasteiger partial charge in [-0.25, -0.2) is 0 Å². The monoisotopic (exact) mass is 376 g/mol. The summed E-state index contributed by atoms with van der Waals surface area (Å²) in [5, 5.41) is 1.47. The second-order valence-corrected chi connectivity index (χ2v) is 7.67. The number of ether oxygens (including phenoxy) is 1. The van der Waals surface area contributed by atoms with Gasteiger partial charge in [0.1, 0.15) is 0 Å². The Labute approximate surface area is 146 Å². The third-order valence-corrected chi connectivity index (χ3v) is 5.79. The lowest BCUT2D eigenvalue weighted by molar-refractivity contribution is 0.0369. The van der Waals surface area contributed by atoms with Gasteiger partial charge in [-0.15, -0.1) is 0 Å². The highest BCUT2D eigenvalue weighted by Crippen LogP contribution is 2.34. The first-order chi connectivity index (χ1) is 11.3. The van der Waals surface area contributed by atoms with Crippen LogP contribution in [0, 0.1) is 0 Å². The molecular weight excluding hydrogens is 352 g/mol. The van der Waals surface area contributed by atoms with Crippen LogP contribution in [0.3, 0.4) is 0 Å². The van der Waals surface area contributed by atoms with E-state index in [1.807, 2.05) is 0 Å². The number of rotatable bonds is 4. The van der Waals surface area contributed by atoms with Crippen molar-refractivity contribution in [3.63, 3.8) is 0 Å². The maximum absolute atomic E-state index is 5.44. The molecule has 4 rings (SSSR count). The lowest BCUT2D eigenvalue weighted by Crippen LogP contribution is -2.37. The molecule has 1 aliphatic carbocycles. The van der Waals surface area contributed by atoms with Crippen LogP contribution in [0.5, 0.6) is 0 Å². The first kappa shape index (κ1) is 15.7. The first-order valence-electron chi connectivity index (χ1n) is 8.92. The van der Waals surface area contributed by atoms with Gasteiger partial charge in [0, 0.05) is 47.2 Å². The van der Waals surface area contributed by atoms with E-state index in [1.54, 1.807) is 11.3 Å². The summed E-state index contributed by atoms with van der Waals surface area (Å²) in [6, 6.07) is 6.80. The van der Waals surface area contributed by atoms with Gasteiger partial charge in [0.25, 0.3) is 0 Å². The summed E-state index contributed by atoms with van der Waals surface area (Å²) in [6.07, 6.45) is 6.41. The largest absolute Gasteiger partial charge is 0.379 e. The number of fused-ring (bicyclic) bond motifs is 3. The van der Waals surface area contributed by atoms with Crippen LogP contribution in [0.25, 0.3) is 10.9 Å². The summed E-state index contributed by atoms with van der Waals surface area (Å²) in [6.45, 7) is 6.32. The fraction of sp³-hybridized carbons (Fsp3) is 0.579. The van der Waals surface area contributed by atoms with E-state index in [1.165, 1.54) is 54.0 Å². The Morgan fingerprint density at radius 2 is 1.87 bits per heavy atom. The summed E-state index contributed by atoms with van der Waals surface area (Å²) in [7, 11) is 0. The van der Waals surface area contributed by atoms with Crippen LogP contribution in [-0.2, 0) is 24.1 Å². The molecule has 0 saturated carbocycles. The standard InChI is InChI=1S/C19H25BrN2O/c20-15-6-7-19-17(14-15)16-4-1-2-5-18(16)22(19)9-3-8-21-10-12-23-13-11-21/h6-7,14H,1-5,8-13H2. The fourth-order valence-electron chi connectivity index (χ4n) is 4.14. The van der Waals surface area contributed by atoms with E-state index in [2.05, 4.69) is 43.6 Å². The zero-order valence-electron chi connectivity index (χ0n) is 13.7. The average molecular weight is 377 g/mol. The Kier molecular flexibility index (Phi) is 4.74. The molecule has 0 unspecified atom stereocenters. The third kappa shape index (κ3) is 3.21. The lowest BCUT2D eigenvalue weighted by atomic mass is 9.95. The van der Waals surface area contributed by atoms with Crippen LogP contribution in [0.4, 0.5) is 0 Å². The van der Waals surface area contributed by atoms with Gasteiger partial charge in [-0.05, 0) is 55.9 Å². The predicted octanol–water partition coefficient (Wildman–Crippen LogP) is 4.00. The van der Waals surface area contributed by atoms with Crippen LogP contribution in [0.15, 0.2) is 22.7 Å². The Morgan fingerprint density at radius 3 is 2.74 bits per heavy atom. The Morgan fingerprint density at radius 1 is 1.04 bits per heavy atom. The van der Waals surface area contributed by atoms with Crippen molar-refractivity contribution in [2.45, 2.75) is 38.6 Å². The topological polar surface area (TPSA) is 17.4 Å². The third-order valence-electron chi connectivity index (χ3n) is 5.30. The number of hydrogen-bond donors (Lipinski definition) is 0. The summed E-state index contributed by atoms with van der Waals surface area (Å²) in [5.41, 5.74) is 4.65. The van der Waals surface area contributed by atoms with E-state index < -0.39 is 0 Å². The van der Waals surface area contributed by atoms with Crippen molar-refractivity contribution in [2.24, 2.45) is 0 Å². The molecule has 0 spiro atoms. The number of halogens is 1. The normalized spacial score (nSPS) is 19.2. The van der Waals surface area contributed by atoms with Crippen molar-refractivity contribution in [3.8, 4) is 0 Å². The molecule has 4 heteroatoms. The zero-order chi connectivity index (χ0) is 15.6. The second-order valence-electron chi connectivity index (χ2n) is 6.75. The molecule has 0 radical (unpaired) electrons. The predicted molar refractivity (Wildman–Crippen MR) is 98.2 cm³/mol. The summed E-state index contributed by atoms with van der Waals surface area (Å²) in [5.74, 6) is 0. The summed E-state index contributed by atoms with van der Waals surface area (Å²) >= 11 is 3.65. The number of hydrogen-bond acceptors (Lipinski definition) is 2. The van der Waals surface area contributed by atoms with E-state index in [4.69, 9.17) is 4.74 Å². The van der Waals surface area contributed by atoms with E-state index in [0.29, 0.717) is 0 Å². The maximum Gasteiger partial charge on any atom is 0.0594 e. The number of benzene rings is 1. The molecule has 2 aromatic rings. The van der Waals surface area contributed by atoms with E-state index >= 15 is 0 Å². The van der Waals surface area contributed by atoms with Crippen LogP contribution < -0.4 is 0 Å². The second kappa shape index (κ2) is 6.96. The van der Waals surface area contributed by atoms with E-state index in [9.17, 15) is 0 Å². The zero-order valence-corrected chi connectivity index (χ0v) is 15.3. The van der Waals surface area contributed by atoms with Crippen LogP contribution in [0.1, 0.15) is 30.5 Å². The molecule has 1 fully saturated rings. The minimum Gasteiger partial charge on any atom is -0.379 e. The molecule has 1 saturated heterocycles. The minimum absolute atomic E-state index is 0.899. The molecule has 23 heavy (non-hydrogen) atoms. The molecule has 1 aliphatic heterocycles. The van der Waals surface area contributed by atoms with Crippen molar-refractivity contribution < 1.29 is 4.74 Å². The summed E-state index contributed by atoms with van der Waals surface area (Å²) < 4.78 is 9.25. The Balaban J connectivity index is 1.56. The number of morpholine rings is 1. The SMILES string of the molecule is Brc1ccc2c(c1)c1c(n2CCCN2CCOCC2)CCCC1. The molecule has 2 aliphatic rings. The van der Waals surface area contributed by atoms with Gasteiger partial charge in [-0.2, -0.15) is 0 Å². The highest BCUT2D eigenvalue weighted by Gasteiger charge is 2.20. The van der Waals surface area contributed by atoms with Crippen molar-refractivity contribution in [1.29, 1.82) is 0 Å². The van der Waals surface area contributed by atoms with Gasteiger partial charge in [-0.1, -0.05) is 15.9 Å². The number of nitrogens with zero attached hydrogens (tertiary/aromatic N) is 2. The van der Waals surface area contributed by atoms with E-state index in [0.717, 1.165) is 32.8 Å². The first-order valence-corrected chi connectivity index (χ1v) is 9.72. The number of aryl methyl sites for hydroxylation is 2. The van der Waals surface area contributed by atoms with Gasteiger partial charge in [-0.3, -0.25) is 4.90 Å². The molecule has 0 atom stereocenters. The van der Waals surface area contributed by atoms with Crippen LogP contribution in [0.2, 0.25) is 0 Å². The summed E-state index contributed by atoms with van der Waals surface area (Å²) in [4.78, 5) is 2.54. The average Bonchev–Trinajstić information content (AvgIpc) is 2.90. The lowest BCUT2D eigenvalue weighted by Gasteiger charge is -2.26. The van der Waals surface area contributed by atoms with Gasteiger partial charge in [0.2, 0.25) is 0 Å². The van der Waals surface area contributed by atoms with Gasteiger partial charge >= 0.3 is 0 Å². The van der Waals surface area contributed by atoms with Gasteiger partial charge in [0.05, 0.1) is 13.2 Å². The molecule has 124 valence electrons. The molecule has 1 aromatic carbocycles. The molecule has 2 heterocycles. The molecule has 3 nitrogen and oxygen atoms in total. The highest BCUT2D eigenvalue weighted by molar-refractivity contribution is 9.10. The highest BCUT2D eigenvalue weighted by atomic mass is 79.9. The van der Waals surface area contributed by atoms with Crippen molar-refractivity contribution in [2.75, 3.05) is 32.8 Å². The Hall–Kier alpha value is -0.840. The number of aromatic nitrogens is 1. The maximum atomic E-state index is 5.44. The molecule has 0 amide bonds. The van der Waals surface area contributed by atoms with Crippen molar-refractivity contribution in [3.05, 3.63) is 33.9 Å². The van der Waals surface area contributed by atoms with Crippen LogP contribution in [-0.4, -0.2) is 42.3 Å². The Bertz CT molecular complexity index is 688. The van der Waals surface area contributed by atoms with Crippen molar-refractivity contribution in [1.82, 2.24) is 9.47 Å². The minimum atomic E-state index is 0.899.